The lowest BCUT2D eigenvalue weighted by molar-refractivity contribution is -0.0784. The minimum atomic E-state index is -0.0555. The van der Waals surface area contributed by atoms with Gasteiger partial charge in [0.15, 0.2) is 0 Å². The number of benzene rings is 1. The summed E-state index contributed by atoms with van der Waals surface area (Å²) in [5.41, 5.74) is 6.73. The van der Waals surface area contributed by atoms with Crippen molar-refractivity contribution in [2.75, 3.05) is 32.9 Å². The summed E-state index contributed by atoms with van der Waals surface area (Å²) in [7, 11) is 0. The summed E-state index contributed by atoms with van der Waals surface area (Å²) in [5, 5.41) is 9.18. The normalized spacial score (nSPS) is 23.2. The molecule has 1 aliphatic rings. The van der Waals surface area contributed by atoms with Crippen molar-refractivity contribution >= 4 is 0 Å². The molecule has 0 bridgehead atoms. The van der Waals surface area contributed by atoms with Crippen LogP contribution in [0, 0.1) is 0 Å². The van der Waals surface area contributed by atoms with Crippen molar-refractivity contribution in [1.29, 1.82) is 0 Å². The molecule has 2 atom stereocenters. The van der Waals surface area contributed by atoms with E-state index < -0.39 is 0 Å². The number of morpholine rings is 1. The Labute approximate surface area is 126 Å². The molecule has 0 amide bonds. The molecule has 5 nitrogen and oxygen atoms in total. The molecule has 2 rings (SSSR count). The fourth-order valence-electron chi connectivity index (χ4n) is 2.56. The van der Waals surface area contributed by atoms with Crippen LogP contribution in [0.1, 0.15) is 18.9 Å². The van der Waals surface area contributed by atoms with Gasteiger partial charge in [0.25, 0.3) is 0 Å². The highest BCUT2D eigenvalue weighted by molar-refractivity contribution is 5.32. The Kier molecular flexibility index (Phi) is 6.45. The van der Waals surface area contributed by atoms with Crippen molar-refractivity contribution < 1.29 is 14.6 Å². The van der Waals surface area contributed by atoms with Crippen LogP contribution in [0.25, 0.3) is 0 Å². The fraction of sp³-hybridized carbons (Fsp3) is 0.625. The van der Waals surface area contributed by atoms with E-state index in [-0.39, 0.29) is 12.7 Å². The SMILES string of the molecule is CC1COC(CO)CN1CCCOc1ccccc1CN. The van der Waals surface area contributed by atoms with Gasteiger partial charge in [-0.2, -0.15) is 0 Å². The summed E-state index contributed by atoms with van der Waals surface area (Å²) >= 11 is 0. The largest absolute Gasteiger partial charge is 0.493 e. The van der Waals surface area contributed by atoms with E-state index in [1.165, 1.54) is 0 Å². The fourth-order valence-corrected chi connectivity index (χ4v) is 2.56. The van der Waals surface area contributed by atoms with Crippen LogP contribution >= 0.6 is 0 Å². The first-order valence-corrected chi connectivity index (χ1v) is 7.62. The zero-order valence-corrected chi connectivity index (χ0v) is 12.7. The average Bonchev–Trinajstić information content (AvgIpc) is 2.53. The van der Waals surface area contributed by atoms with Gasteiger partial charge in [-0.15, -0.1) is 0 Å². The third-order valence-corrected chi connectivity index (χ3v) is 3.88. The van der Waals surface area contributed by atoms with Gasteiger partial charge in [0.2, 0.25) is 0 Å². The van der Waals surface area contributed by atoms with Gasteiger partial charge in [-0.25, -0.2) is 0 Å². The van der Waals surface area contributed by atoms with Gasteiger partial charge in [-0.3, -0.25) is 4.90 Å². The van der Waals surface area contributed by atoms with Crippen molar-refractivity contribution in [2.24, 2.45) is 5.73 Å². The molecule has 1 fully saturated rings. The second-order valence-corrected chi connectivity index (χ2v) is 5.50. The average molecular weight is 294 g/mol. The molecule has 0 aliphatic carbocycles. The minimum Gasteiger partial charge on any atom is -0.493 e. The van der Waals surface area contributed by atoms with E-state index >= 15 is 0 Å². The number of nitrogens with zero attached hydrogens (tertiary/aromatic N) is 1. The molecule has 1 aromatic carbocycles. The molecular formula is C16H26N2O3. The quantitative estimate of drug-likeness (QED) is 0.734. The Hall–Kier alpha value is -1.14. The van der Waals surface area contributed by atoms with E-state index in [0.29, 0.717) is 25.8 Å². The zero-order valence-electron chi connectivity index (χ0n) is 12.7. The smallest absolute Gasteiger partial charge is 0.123 e. The predicted molar refractivity (Wildman–Crippen MR) is 82.3 cm³/mol. The minimum absolute atomic E-state index is 0.0555. The number of hydrogen-bond donors (Lipinski definition) is 2. The lowest BCUT2D eigenvalue weighted by Gasteiger charge is -2.37. The highest BCUT2D eigenvalue weighted by Gasteiger charge is 2.24. The van der Waals surface area contributed by atoms with Crippen molar-refractivity contribution in [2.45, 2.75) is 32.0 Å². The van der Waals surface area contributed by atoms with Crippen LogP contribution in [0.15, 0.2) is 24.3 Å². The molecule has 1 aliphatic heterocycles. The molecule has 0 radical (unpaired) electrons. The lowest BCUT2D eigenvalue weighted by atomic mass is 10.2. The summed E-state index contributed by atoms with van der Waals surface area (Å²) in [6.45, 7) is 5.83. The van der Waals surface area contributed by atoms with Crippen LogP contribution in [0.3, 0.4) is 0 Å². The third-order valence-electron chi connectivity index (χ3n) is 3.88. The monoisotopic (exact) mass is 294 g/mol. The van der Waals surface area contributed by atoms with Gasteiger partial charge in [-0.1, -0.05) is 18.2 Å². The molecule has 118 valence electrons. The first-order valence-electron chi connectivity index (χ1n) is 7.62. The maximum Gasteiger partial charge on any atom is 0.123 e. The summed E-state index contributed by atoms with van der Waals surface area (Å²) in [6, 6.07) is 8.28. The summed E-state index contributed by atoms with van der Waals surface area (Å²) in [5.74, 6) is 0.878. The van der Waals surface area contributed by atoms with Crippen molar-refractivity contribution in [3.8, 4) is 5.75 Å². The van der Waals surface area contributed by atoms with E-state index in [0.717, 1.165) is 30.8 Å². The number of nitrogens with two attached hydrogens (primary N) is 1. The molecule has 0 spiro atoms. The topological polar surface area (TPSA) is 68.0 Å². The molecule has 1 heterocycles. The Morgan fingerprint density at radius 1 is 1.43 bits per heavy atom. The van der Waals surface area contributed by atoms with Crippen LogP contribution in [0.2, 0.25) is 0 Å². The Morgan fingerprint density at radius 2 is 2.24 bits per heavy atom. The molecule has 3 N–H and O–H groups in total. The second kappa shape index (κ2) is 8.34. The van der Waals surface area contributed by atoms with Crippen LogP contribution in [0.4, 0.5) is 0 Å². The first-order chi connectivity index (χ1) is 10.2. The second-order valence-electron chi connectivity index (χ2n) is 5.50. The van der Waals surface area contributed by atoms with Crippen molar-refractivity contribution in [1.82, 2.24) is 4.90 Å². The van der Waals surface area contributed by atoms with Gasteiger partial charge < -0.3 is 20.3 Å². The molecule has 0 saturated carbocycles. The summed E-state index contributed by atoms with van der Waals surface area (Å²) in [6.07, 6.45) is 0.890. The van der Waals surface area contributed by atoms with E-state index in [1.54, 1.807) is 0 Å². The first kappa shape index (κ1) is 16.2. The van der Waals surface area contributed by atoms with Crippen LogP contribution in [0.5, 0.6) is 5.75 Å². The molecular weight excluding hydrogens is 268 g/mol. The zero-order chi connectivity index (χ0) is 15.1. The van der Waals surface area contributed by atoms with Gasteiger partial charge >= 0.3 is 0 Å². The molecule has 5 heteroatoms. The Morgan fingerprint density at radius 3 is 3.00 bits per heavy atom. The van der Waals surface area contributed by atoms with Gasteiger partial charge in [0.1, 0.15) is 5.75 Å². The molecule has 1 aromatic rings. The van der Waals surface area contributed by atoms with E-state index in [9.17, 15) is 5.11 Å². The van der Waals surface area contributed by atoms with Crippen LogP contribution < -0.4 is 10.5 Å². The standard InChI is InChI=1S/C16H26N2O3/c1-13-12-21-15(11-19)10-18(13)7-4-8-20-16-6-3-2-5-14(16)9-17/h2-3,5-6,13,15,19H,4,7-12,17H2,1H3. The van der Waals surface area contributed by atoms with Gasteiger partial charge in [0, 0.05) is 31.2 Å². The Bertz CT molecular complexity index is 428. The molecule has 21 heavy (non-hydrogen) atoms. The van der Waals surface area contributed by atoms with E-state index in [2.05, 4.69) is 11.8 Å². The van der Waals surface area contributed by atoms with Crippen LogP contribution in [-0.4, -0.2) is 55.1 Å². The van der Waals surface area contributed by atoms with Crippen molar-refractivity contribution in [3.05, 3.63) is 29.8 Å². The predicted octanol–water partition coefficient (Wildman–Crippen LogP) is 0.996. The van der Waals surface area contributed by atoms with Crippen molar-refractivity contribution in [3.63, 3.8) is 0 Å². The number of hydrogen-bond acceptors (Lipinski definition) is 5. The number of ether oxygens (including phenoxy) is 2. The Balaban J connectivity index is 1.73. The molecule has 2 unspecified atom stereocenters. The van der Waals surface area contributed by atoms with Gasteiger partial charge in [0.05, 0.1) is 25.9 Å². The lowest BCUT2D eigenvalue weighted by Crippen LogP contribution is -2.49. The summed E-state index contributed by atoms with van der Waals surface area (Å²) < 4.78 is 11.4. The van der Waals surface area contributed by atoms with Gasteiger partial charge in [-0.05, 0) is 19.4 Å². The number of para-hydroxylation sites is 1. The molecule has 0 aromatic heterocycles. The number of rotatable bonds is 7. The van der Waals surface area contributed by atoms with Crippen LogP contribution in [-0.2, 0) is 11.3 Å². The number of aliphatic hydroxyl groups is 1. The van der Waals surface area contributed by atoms with E-state index in [1.807, 2.05) is 24.3 Å². The van der Waals surface area contributed by atoms with E-state index in [4.69, 9.17) is 15.2 Å². The maximum absolute atomic E-state index is 9.18. The molecule has 1 saturated heterocycles. The summed E-state index contributed by atoms with van der Waals surface area (Å²) in [4.78, 5) is 2.35. The highest BCUT2D eigenvalue weighted by atomic mass is 16.5. The third kappa shape index (κ3) is 4.68. The maximum atomic E-state index is 9.18. The number of aliphatic hydroxyl groups excluding tert-OH is 1. The highest BCUT2D eigenvalue weighted by Crippen LogP contribution is 2.17.